The highest BCUT2D eigenvalue weighted by Crippen LogP contribution is 2.25. The molecule has 3 aromatic heterocycles. The molecule has 1 aliphatic rings. The first kappa shape index (κ1) is 18.6. The van der Waals surface area contributed by atoms with Gasteiger partial charge in [0, 0.05) is 38.6 Å². The number of anilines is 1. The average Bonchev–Trinajstić information content (AvgIpc) is 3.25. The maximum Gasteiger partial charge on any atom is 0.244 e. The minimum absolute atomic E-state index is 0.202. The van der Waals surface area contributed by atoms with E-state index in [4.69, 9.17) is 0 Å². The monoisotopic (exact) mass is 422 g/mol. The number of benzene rings is 1. The van der Waals surface area contributed by atoms with Crippen LogP contribution in [0.3, 0.4) is 0 Å². The Kier molecular flexibility index (Phi) is 4.60. The zero-order valence-electron chi connectivity index (χ0n) is 15.9. The van der Waals surface area contributed by atoms with Crippen LogP contribution in [0.15, 0.2) is 66.1 Å². The van der Waals surface area contributed by atoms with Gasteiger partial charge in [-0.3, -0.25) is 4.98 Å². The number of fused-ring (bicyclic) bond motifs is 1. The van der Waals surface area contributed by atoms with Gasteiger partial charge in [0.15, 0.2) is 17.0 Å². The van der Waals surface area contributed by atoms with Gasteiger partial charge in [-0.25, -0.2) is 18.4 Å². The van der Waals surface area contributed by atoms with Gasteiger partial charge in [-0.05, 0) is 24.3 Å². The quantitative estimate of drug-likeness (QED) is 0.481. The molecule has 0 bridgehead atoms. The van der Waals surface area contributed by atoms with Gasteiger partial charge in [-0.1, -0.05) is 23.4 Å². The van der Waals surface area contributed by atoms with E-state index >= 15 is 0 Å². The summed E-state index contributed by atoms with van der Waals surface area (Å²) in [5, 5.41) is 8.53. The largest absolute Gasteiger partial charge is 0.352 e. The molecule has 4 heterocycles. The Morgan fingerprint density at radius 1 is 0.900 bits per heavy atom. The van der Waals surface area contributed by atoms with Crippen LogP contribution in [-0.4, -0.2) is 68.8 Å². The molecule has 0 spiro atoms. The van der Waals surface area contributed by atoms with Crippen molar-refractivity contribution in [3.63, 3.8) is 0 Å². The maximum atomic E-state index is 12.8. The summed E-state index contributed by atoms with van der Waals surface area (Å²) in [4.78, 5) is 14.9. The zero-order chi connectivity index (χ0) is 20.6. The van der Waals surface area contributed by atoms with Gasteiger partial charge in [-0.15, -0.1) is 5.10 Å². The van der Waals surface area contributed by atoms with E-state index in [0.717, 1.165) is 5.69 Å². The van der Waals surface area contributed by atoms with Gasteiger partial charge in [-0.2, -0.15) is 8.99 Å². The van der Waals surface area contributed by atoms with Crippen LogP contribution in [0.2, 0.25) is 0 Å². The minimum atomic E-state index is -3.56. The van der Waals surface area contributed by atoms with Gasteiger partial charge in [0.25, 0.3) is 0 Å². The van der Waals surface area contributed by atoms with Gasteiger partial charge in [0.2, 0.25) is 10.0 Å². The highest BCUT2D eigenvalue weighted by Gasteiger charge is 2.30. The maximum absolute atomic E-state index is 12.8. The molecule has 1 saturated heterocycles. The SMILES string of the molecule is O=S(=O)(c1cccnc1)N1CCN(c2ncnc3c2nnn3-c2ccccc2)CC1. The first-order chi connectivity index (χ1) is 14.6. The van der Waals surface area contributed by atoms with Gasteiger partial charge >= 0.3 is 0 Å². The Labute approximate surface area is 172 Å². The number of hydrogen-bond donors (Lipinski definition) is 0. The molecule has 1 aliphatic heterocycles. The fourth-order valence-corrected chi connectivity index (χ4v) is 4.89. The van der Waals surface area contributed by atoms with Crippen LogP contribution in [0.1, 0.15) is 0 Å². The lowest BCUT2D eigenvalue weighted by atomic mass is 10.3. The van der Waals surface area contributed by atoms with E-state index < -0.39 is 10.0 Å². The lowest BCUT2D eigenvalue weighted by Gasteiger charge is -2.34. The molecule has 11 heteroatoms. The number of rotatable bonds is 4. The Morgan fingerprint density at radius 3 is 2.43 bits per heavy atom. The number of piperazine rings is 1. The molecule has 4 aromatic rings. The van der Waals surface area contributed by atoms with Crippen LogP contribution < -0.4 is 4.90 Å². The van der Waals surface area contributed by atoms with Crippen molar-refractivity contribution in [2.75, 3.05) is 31.1 Å². The molecule has 0 atom stereocenters. The minimum Gasteiger partial charge on any atom is -0.352 e. The highest BCUT2D eigenvalue weighted by atomic mass is 32.2. The summed E-state index contributed by atoms with van der Waals surface area (Å²) in [6.45, 7) is 1.67. The van der Waals surface area contributed by atoms with Gasteiger partial charge < -0.3 is 4.90 Å². The number of pyridine rings is 1. The Bertz CT molecular complexity index is 1270. The molecule has 0 radical (unpaired) electrons. The second kappa shape index (κ2) is 7.43. The Morgan fingerprint density at radius 2 is 1.70 bits per heavy atom. The van der Waals surface area contributed by atoms with Crippen molar-refractivity contribution in [1.82, 2.24) is 34.3 Å². The van der Waals surface area contributed by atoms with Gasteiger partial charge in [0.05, 0.1) is 5.69 Å². The predicted octanol–water partition coefficient (Wildman–Crippen LogP) is 1.12. The summed E-state index contributed by atoms with van der Waals surface area (Å²) in [5.41, 5.74) is 2.05. The summed E-state index contributed by atoms with van der Waals surface area (Å²) in [7, 11) is -3.56. The third-order valence-corrected chi connectivity index (χ3v) is 6.91. The van der Waals surface area contributed by atoms with Crippen molar-refractivity contribution in [3.8, 4) is 5.69 Å². The Hall–Kier alpha value is -3.44. The fraction of sp³-hybridized carbons (Fsp3) is 0.211. The van der Waals surface area contributed by atoms with Crippen molar-refractivity contribution in [2.24, 2.45) is 0 Å². The van der Waals surface area contributed by atoms with E-state index in [-0.39, 0.29) is 4.90 Å². The molecular formula is C19H18N8O2S. The second-order valence-electron chi connectivity index (χ2n) is 6.79. The third kappa shape index (κ3) is 3.17. The van der Waals surface area contributed by atoms with Crippen molar-refractivity contribution < 1.29 is 8.42 Å². The average molecular weight is 422 g/mol. The standard InChI is InChI=1S/C19H18N8O2S/c28-30(29,16-7-4-8-20-13-16)26-11-9-25(10-12-26)18-17-19(22-14-21-18)27(24-23-17)15-5-2-1-3-6-15/h1-8,13-14H,9-12H2. The first-order valence-corrected chi connectivity index (χ1v) is 10.9. The van der Waals surface area contributed by atoms with Gasteiger partial charge in [0.1, 0.15) is 11.2 Å². The number of nitrogens with zero attached hydrogens (tertiary/aromatic N) is 8. The first-order valence-electron chi connectivity index (χ1n) is 9.41. The van der Waals surface area contributed by atoms with Crippen LogP contribution in [-0.2, 0) is 10.0 Å². The van der Waals surface area contributed by atoms with E-state index in [0.29, 0.717) is 43.2 Å². The van der Waals surface area contributed by atoms with E-state index in [1.54, 1.807) is 23.0 Å². The molecule has 0 unspecified atom stereocenters. The van der Waals surface area contributed by atoms with E-state index in [1.165, 1.54) is 16.8 Å². The lowest BCUT2D eigenvalue weighted by molar-refractivity contribution is 0.384. The van der Waals surface area contributed by atoms with Crippen molar-refractivity contribution in [3.05, 3.63) is 61.2 Å². The summed E-state index contributed by atoms with van der Waals surface area (Å²) in [6, 6.07) is 12.8. The number of para-hydroxylation sites is 1. The molecule has 1 fully saturated rings. The molecule has 1 aromatic carbocycles. The normalized spacial score (nSPS) is 15.5. The van der Waals surface area contributed by atoms with Crippen LogP contribution >= 0.6 is 0 Å². The molecule has 0 amide bonds. The summed E-state index contributed by atoms with van der Waals surface area (Å²) in [6.07, 6.45) is 4.41. The van der Waals surface area contributed by atoms with Crippen molar-refractivity contribution in [2.45, 2.75) is 4.90 Å². The second-order valence-corrected chi connectivity index (χ2v) is 8.72. The van der Waals surface area contributed by atoms with E-state index in [2.05, 4.69) is 25.3 Å². The number of sulfonamides is 1. The number of aromatic nitrogens is 6. The van der Waals surface area contributed by atoms with Crippen LogP contribution in [0.25, 0.3) is 16.9 Å². The molecule has 0 saturated carbocycles. The van der Waals surface area contributed by atoms with E-state index in [1.807, 2.05) is 35.2 Å². The van der Waals surface area contributed by atoms with Crippen molar-refractivity contribution >= 4 is 27.0 Å². The van der Waals surface area contributed by atoms with E-state index in [9.17, 15) is 8.42 Å². The summed E-state index contributed by atoms with van der Waals surface area (Å²) < 4.78 is 28.8. The fourth-order valence-electron chi connectivity index (χ4n) is 3.50. The third-order valence-electron chi connectivity index (χ3n) is 5.03. The molecular weight excluding hydrogens is 404 g/mol. The molecule has 5 rings (SSSR count). The van der Waals surface area contributed by atoms with Crippen molar-refractivity contribution in [1.29, 1.82) is 0 Å². The molecule has 152 valence electrons. The van der Waals surface area contributed by atoms with Crippen LogP contribution in [0, 0.1) is 0 Å². The summed E-state index contributed by atoms with van der Waals surface area (Å²) >= 11 is 0. The smallest absolute Gasteiger partial charge is 0.244 e. The van der Waals surface area contributed by atoms with Crippen LogP contribution in [0.4, 0.5) is 5.82 Å². The Balaban J connectivity index is 1.40. The molecule has 30 heavy (non-hydrogen) atoms. The summed E-state index contributed by atoms with van der Waals surface area (Å²) in [5.74, 6) is 0.653. The topological polar surface area (TPSA) is 110 Å². The molecule has 10 nitrogen and oxygen atoms in total. The highest BCUT2D eigenvalue weighted by molar-refractivity contribution is 7.89. The van der Waals surface area contributed by atoms with Crippen LogP contribution in [0.5, 0.6) is 0 Å². The number of hydrogen-bond acceptors (Lipinski definition) is 8. The predicted molar refractivity (Wildman–Crippen MR) is 110 cm³/mol. The molecule has 0 aliphatic carbocycles. The lowest BCUT2D eigenvalue weighted by Crippen LogP contribution is -2.49. The molecule has 0 N–H and O–H groups in total. The zero-order valence-corrected chi connectivity index (χ0v) is 16.7.